The third kappa shape index (κ3) is 6.54. The van der Waals surface area contributed by atoms with Gasteiger partial charge in [0.15, 0.2) is 5.69 Å². The minimum Gasteiger partial charge on any atom is -0.447 e. The minimum atomic E-state index is -0.194. The molecule has 0 aliphatic rings. The second kappa shape index (κ2) is 11.1. The molecule has 0 aliphatic carbocycles. The lowest BCUT2D eigenvalue weighted by Crippen LogP contribution is -2.28. The van der Waals surface area contributed by atoms with Crippen molar-refractivity contribution in [3.63, 3.8) is 0 Å². The maximum absolute atomic E-state index is 12.3. The van der Waals surface area contributed by atoms with Crippen LogP contribution in [-0.2, 0) is 13.1 Å². The zero-order valence-corrected chi connectivity index (χ0v) is 19.8. The minimum absolute atomic E-state index is 0.158. The number of hydrogen-bond donors (Lipinski definition) is 1. The molecule has 1 amide bonds. The lowest BCUT2D eigenvalue weighted by atomic mass is 10.0. The van der Waals surface area contributed by atoms with Crippen molar-refractivity contribution < 1.29 is 9.21 Å². The van der Waals surface area contributed by atoms with Gasteiger partial charge in [-0.1, -0.05) is 82.3 Å². The Labute approximate surface area is 191 Å². The highest BCUT2D eigenvalue weighted by Crippen LogP contribution is 2.25. The molecule has 0 saturated heterocycles. The van der Waals surface area contributed by atoms with Crippen LogP contribution in [0.4, 0.5) is 0 Å². The summed E-state index contributed by atoms with van der Waals surface area (Å²) < 4.78 is 5.68. The zero-order chi connectivity index (χ0) is 23.1. The van der Waals surface area contributed by atoms with E-state index in [-0.39, 0.29) is 11.9 Å². The maximum Gasteiger partial charge on any atom is 0.273 e. The van der Waals surface area contributed by atoms with Gasteiger partial charge in [0.1, 0.15) is 6.26 Å². The van der Waals surface area contributed by atoms with Crippen LogP contribution in [0.2, 0.25) is 0 Å². The molecule has 0 aliphatic heterocycles. The Kier molecular flexibility index (Phi) is 8.23. The van der Waals surface area contributed by atoms with Crippen LogP contribution >= 0.6 is 0 Å². The molecule has 0 bridgehead atoms. The molecule has 1 atom stereocenters. The fourth-order valence-electron chi connectivity index (χ4n) is 3.56. The molecule has 0 saturated carbocycles. The van der Waals surface area contributed by atoms with Crippen molar-refractivity contribution in [2.45, 2.75) is 59.7 Å². The Morgan fingerprint density at radius 1 is 0.938 bits per heavy atom. The second-order valence-corrected chi connectivity index (χ2v) is 9.12. The van der Waals surface area contributed by atoms with Gasteiger partial charge in [-0.2, -0.15) is 0 Å². The summed E-state index contributed by atoms with van der Waals surface area (Å²) >= 11 is 0. The van der Waals surface area contributed by atoms with E-state index in [0.717, 1.165) is 6.54 Å². The Morgan fingerprint density at radius 2 is 1.62 bits per heavy atom. The van der Waals surface area contributed by atoms with E-state index in [1.54, 1.807) is 0 Å². The van der Waals surface area contributed by atoms with Crippen molar-refractivity contribution in [3.05, 3.63) is 89.1 Å². The van der Waals surface area contributed by atoms with E-state index in [0.29, 0.717) is 36.5 Å². The molecule has 5 heteroatoms. The number of rotatable bonds is 10. The van der Waals surface area contributed by atoms with E-state index in [1.165, 1.54) is 23.0 Å². The lowest BCUT2D eigenvalue weighted by molar-refractivity contribution is 0.0944. The molecular weight excluding hydrogens is 398 g/mol. The van der Waals surface area contributed by atoms with E-state index in [2.05, 4.69) is 98.4 Å². The summed E-state index contributed by atoms with van der Waals surface area (Å²) in [4.78, 5) is 19.1. The molecule has 1 aromatic heterocycles. The summed E-state index contributed by atoms with van der Waals surface area (Å²) in [6.45, 7) is 12.6. The van der Waals surface area contributed by atoms with Crippen molar-refractivity contribution in [3.8, 4) is 0 Å². The lowest BCUT2D eigenvalue weighted by Gasteiger charge is -2.28. The largest absolute Gasteiger partial charge is 0.447 e. The number of benzene rings is 2. The highest BCUT2D eigenvalue weighted by atomic mass is 16.3. The monoisotopic (exact) mass is 433 g/mol. The van der Waals surface area contributed by atoms with E-state index >= 15 is 0 Å². The molecular formula is C27H35N3O2. The molecule has 3 aromatic rings. The van der Waals surface area contributed by atoms with Gasteiger partial charge in [-0.05, 0) is 35.4 Å². The highest BCUT2D eigenvalue weighted by Gasteiger charge is 2.20. The van der Waals surface area contributed by atoms with Crippen molar-refractivity contribution >= 4 is 5.91 Å². The number of amides is 1. The van der Waals surface area contributed by atoms with Crippen LogP contribution in [0.1, 0.15) is 79.6 Å². The summed E-state index contributed by atoms with van der Waals surface area (Å²) in [6, 6.07) is 19.4. The average Bonchev–Trinajstić information content (AvgIpc) is 3.26. The van der Waals surface area contributed by atoms with Crippen LogP contribution in [0.15, 0.2) is 65.3 Å². The number of nitrogens with one attached hydrogen (secondary N) is 1. The van der Waals surface area contributed by atoms with Crippen LogP contribution in [0.3, 0.4) is 0 Å². The Morgan fingerprint density at radius 3 is 2.25 bits per heavy atom. The van der Waals surface area contributed by atoms with Crippen LogP contribution < -0.4 is 5.32 Å². The van der Waals surface area contributed by atoms with Gasteiger partial charge >= 0.3 is 0 Å². The predicted molar refractivity (Wildman–Crippen MR) is 128 cm³/mol. The number of carbonyl (C=O) groups is 1. The molecule has 0 fully saturated rings. The van der Waals surface area contributed by atoms with Gasteiger partial charge in [-0.3, -0.25) is 9.69 Å². The first-order valence-electron chi connectivity index (χ1n) is 11.4. The number of hydrogen-bond acceptors (Lipinski definition) is 4. The molecule has 0 radical (unpaired) electrons. The number of oxazole rings is 1. The first kappa shape index (κ1) is 23.7. The van der Waals surface area contributed by atoms with Crippen LogP contribution in [0, 0.1) is 5.92 Å². The van der Waals surface area contributed by atoms with Crippen molar-refractivity contribution in [2.24, 2.45) is 5.92 Å². The van der Waals surface area contributed by atoms with Crippen molar-refractivity contribution in [2.75, 3.05) is 6.54 Å². The number of carbonyl (C=O) groups excluding carboxylic acids is 1. The summed E-state index contributed by atoms with van der Waals surface area (Å²) in [5.74, 6) is 1.24. The van der Waals surface area contributed by atoms with Gasteiger partial charge in [0.25, 0.3) is 5.91 Å². The maximum atomic E-state index is 12.3. The van der Waals surface area contributed by atoms with Gasteiger partial charge in [0.05, 0.1) is 6.54 Å². The second-order valence-electron chi connectivity index (χ2n) is 9.12. The highest BCUT2D eigenvalue weighted by molar-refractivity contribution is 5.91. The topological polar surface area (TPSA) is 58.4 Å². The first-order chi connectivity index (χ1) is 15.3. The Bertz CT molecular complexity index is 978. The summed E-state index contributed by atoms with van der Waals surface area (Å²) in [5, 5.41) is 2.89. The normalized spacial score (nSPS) is 12.5. The third-order valence-corrected chi connectivity index (χ3v) is 5.66. The quantitative estimate of drug-likeness (QED) is 0.429. The molecule has 1 unspecified atom stereocenters. The molecule has 0 spiro atoms. The van der Waals surface area contributed by atoms with Gasteiger partial charge in [0.2, 0.25) is 5.89 Å². The van der Waals surface area contributed by atoms with E-state index in [9.17, 15) is 4.79 Å². The Hall–Kier alpha value is -2.92. The van der Waals surface area contributed by atoms with Gasteiger partial charge in [-0.25, -0.2) is 4.98 Å². The van der Waals surface area contributed by atoms with Crippen LogP contribution in [0.5, 0.6) is 0 Å². The van der Waals surface area contributed by atoms with Gasteiger partial charge < -0.3 is 9.73 Å². The van der Waals surface area contributed by atoms with Crippen molar-refractivity contribution in [1.82, 2.24) is 15.2 Å². The number of nitrogens with zero attached hydrogens (tertiary/aromatic N) is 2. The van der Waals surface area contributed by atoms with Crippen LogP contribution in [0.25, 0.3) is 0 Å². The van der Waals surface area contributed by atoms with Crippen molar-refractivity contribution in [1.29, 1.82) is 0 Å². The fourth-order valence-corrected chi connectivity index (χ4v) is 3.56. The predicted octanol–water partition coefficient (Wildman–Crippen LogP) is 5.95. The summed E-state index contributed by atoms with van der Waals surface area (Å²) in [7, 11) is 0. The third-order valence-electron chi connectivity index (χ3n) is 5.66. The average molecular weight is 434 g/mol. The number of aromatic nitrogens is 1. The van der Waals surface area contributed by atoms with E-state index in [4.69, 9.17) is 4.42 Å². The van der Waals surface area contributed by atoms with Crippen LogP contribution in [-0.4, -0.2) is 22.3 Å². The molecule has 5 nitrogen and oxygen atoms in total. The molecule has 2 aromatic carbocycles. The smallest absolute Gasteiger partial charge is 0.273 e. The fraction of sp³-hybridized carbons (Fsp3) is 0.407. The van der Waals surface area contributed by atoms with Gasteiger partial charge in [0, 0.05) is 19.1 Å². The first-order valence-corrected chi connectivity index (χ1v) is 11.4. The standard InChI is InChI=1S/C27H35N3O2/c1-19(2)15-28-27(31)25-18-32-26(29-25)17-30(21(5)24-9-7-6-8-10-24)16-22-11-13-23(14-12-22)20(3)4/h6-14,18-21H,15-17H2,1-5H3,(H,28,31). The van der Waals surface area contributed by atoms with E-state index < -0.39 is 0 Å². The summed E-state index contributed by atoms with van der Waals surface area (Å²) in [6.07, 6.45) is 1.45. The molecule has 170 valence electrons. The molecule has 1 N–H and O–H groups in total. The van der Waals surface area contributed by atoms with E-state index in [1.807, 2.05) is 6.07 Å². The Balaban J connectivity index is 1.77. The van der Waals surface area contributed by atoms with Gasteiger partial charge in [-0.15, -0.1) is 0 Å². The SMILES string of the molecule is CC(C)CNC(=O)c1coc(CN(Cc2ccc(C(C)C)cc2)C(C)c2ccccc2)n1. The summed E-state index contributed by atoms with van der Waals surface area (Å²) in [5.41, 5.74) is 4.13. The zero-order valence-electron chi connectivity index (χ0n) is 19.8. The molecule has 1 heterocycles. The molecule has 32 heavy (non-hydrogen) atoms. The molecule has 3 rings (SSSR count).